The molecule has 0 saturated carbocycles. The van der Waals surface area contributed by atoms with Crippen LogP contribution in [0.5, 0.6) is 0 Å². The quantitative estimate of drug-likeness (QED) is 0.781. The van der Waals surface area contributed by atoms with Crippen molar-refractivity contribution in [3.05, 3.63) is 29.8 Å². The largest absolute Gasteiger partial charge is 0.389 e. The van der Waals surface area contributed by atoms with Crippen LogP contribution in [0.15, 0.2) is 24.3 Å². The van der Waals surface area contributed by atoms with Crippen LogP contribution in [0.4, 0.5) is 5.69 Å². The first-order chi connectivity index (χ1) is 11.5. The molecule has 7 nitrogen and oxygen atoms in total. The second kappa shape index (κ2) is 7.08. The highest BCUT2D eigenvalue weighted by molar-refractivity contribution is 7.91. The number of nitrogens with one attached hydrogen (secondary N) is 1. The number of carbonyl (C=O) groups is 1. The van der Waals surface area contributed by atoms with E-state index < -0.39 is 15.9 Å². The highest BCUT2D eigenvalue weighted by Crippen LogP contribution is 2.23. The third-order valence-electron chi connectivity index (χ3n) is 4.48. The Labute approximate surface area is 141 Å². The lowest BCUT2D eigenvalue weighted by Gasteiger charge is -2.31. The molecule has 1 amide bonds. The fourth-order valence-electron chi connectivity index (χ4n) is 3.03. The van der Waals surface area contributed by atoms with E-state index in [4.69, 9.17) is 4.74 Å². The molecule has 8 heteroatoms. The van der Waals surface area contributed by atoms with Crippen LogP contribution in [0, 0.1) is 0 Å². The van der Waals surface area contributed by atoms with Gasteiger partial charge in [0.05, 0.1) is 35.8 Å². The molecule has 0 aliphatic carbocycles. The highest BCUT2D eigenvalue weighted by Gasteiger charge is 2.28. The van der Waals surface area contributed by atoms with E-state index >= 15 is 0 Å². The first-order valence-electron chi connectivity index (χ1n) is 8.07. The summed E-state index contributed by atoms with van der Waals surface area (Å²) in [4.78, 5) is 14.6. The molecule has 0 radical (unpaired) electrons. The molecule has 0 spiro atoms. The number of carbonyl (C=O) groups excluding carboxylic acids is 1. The molecule has 2 saturated heterocycles. The van der Waals surface area contributed by atoms with Gasteiger partial charge in [-0.2, -0.15) is 0 Å². The third-order valence-corrected chi connectivity index (χ3v) is 6.09. The smallest absolute Gasteiger partial charge is 0.253 e. The van der Waals surface area contributed by atoms with Crippen molar-refractivity contribution in [1.82, 2.24) is 5.32 Å². The molecule has 132 valence electrons. The third kappa shape index (κ3) is 3.88. The summed E-state index contributed by atoms with van der Waals surface area (Å²) in [5, 5.41) is 12.8. The number of sulfone groups is 1. The number of hydrogen-bond donors (Lipinski definition) is 2. The fourth-order valence-corrected chi connectivity index (χ4v) is 4.23. The lowest BCUT2D eigenvalue weighted by Crippen LogP contribution is -2.49. The SMILES string of the molecule is O=C(N[C@@H]1CCOC[C@H]1O)c1ccccc1N1CCS(=O)(=O)CC1. The molecular weight excluding hydrogens is 332 g/mol. The van der Waals surface area contributed by atoms with Gasteiger partial charge in [0.2, 0.25) is 0 Å². The minimum Gasteiger partial charge on any atom is -0.389 e. The van der Waals surface area contributed by atoms with Crippen molar-refractivity contribution in [2.75, 3.05) is 42.7 Å². The number of aliphatic hydroxyl groups excluding tert-OH is 1. The summed E-state index contributed by atoms with van der Waals surface area (Å²) in [6.07, 6.45) is -0.146. The Bertz CT molecular complexity index is 692. The van der Waals surface area contributed by atoms with Gasteiger partial charge < -0.3 is 20.1 Å². The first kappa shape index (κ1) is 17.2. The summed E-state index contributed by atoms with van der Waals surface area (Å²) in [6, 6.07) is 6.83. The maximum atomic E-state index is 12.6. The molecule has 0 bridgehead atoms. The molecule has 2 aliphatic rings. The average Bonchev–Trinajstić information content (AvgIpc) is 2.57. The summed E-state index contributed by atoms with van der Waals surface area (Å²) >= 11 is 0. The van der Waals surface area contributed by atoms with E-state index in [1.807, 2.05) is 17.0 Å². The van der Waals surface area contributed by atoms with Gasteiger partial charge in [-0.05, 0) is 18.6 Å². The number of amides is 1. The van der Waals surface area contributed by atoms with Crippen LogP contribution in [0.25, 0.3) is 0 Å². The highest BCUT2D eigenvalue weighted by atomic mass is 32.2. The Morgan fingerprint density at radius 1 is 1.25 bits per heavy atom. The lowest BCUT2D eigenvalue weighted by molar-refractivity contribution is -0.0260. The standard InChI is InChI=1S/C16H22N2O5S/c19-15-11-23-8-5-13(15)17-16(20)12-3-1-2-4-14(12)18-6-9-24(21,22)10-7-18/h1-4,13,15,19H,5-11H2,(H,17,20)/t13-,15-/m1/s1. The van der Waals surface area contributed by atoms with Gasteiger partial charge >= 0.3 is 0 Å². The van der Waals surface area contributed by atoms with E-state index in [-0.39, 0.29) is 30.1 Å². The molecule has 0 aromatic heterocycles. The van der Waals surface area contributed by atoms with Crippen LogP contribution in [-0.2, 0) is 14.6 Å². The number of aliphatic hydroxyl groups is 1. The maximum Gasteiger partial charge on any atom is 0.253 e. The van der Waals surface area contributed by atoms with Gasteiger partial charge in [-0.15, -0.1) is 0 Å². The minimum absolute atomic E-state index is 0.0988. The van der Waals surface area contributed by atoms with Crippen molar-refractivity contribution in [2.45, 2.75) is 18.6 Å². The Kier molecular flexibility index (Phi) is 5.07. The predicted octanol–water partition coefficient (Wildman–Crippen LogP) is -0.199. The molecule has 24 heavy (non-hydrogen) atoms. The molecule has 2 N–H and O–H groups in total. The van der Waals surface area contributed by atoms with Crippen LogP contribution < -0.4 is 10.2 Å². The summed E-state index contributed by atoms with van der Waals surface area (Å²) < 4.78 is 28.4. The van der Waals surface area contributed by atoms with E-state index in [9.17, 15) is 18.3 Å². The van der Waals surface area contributed by atoms with Crippen molar-refractivity contribution >= 4 is 21.4 Å². The number of anilines is 1. The lowest BCUT2D eigenvalue weighted by atomic mass is 10.0. The van der Waals surface area contributed by atoms with E-state index in [2.05, 4.69) is 5.32 Å². The molecule has 1 aromatic rings. The number of para-hydroxylation sites is 1. The number of rotatable bonds is 3. The van der Waals surface area contributed by atoms with Crippen molar-refractivity contribution in [3.63, 3.8) is 0 Å². The van der Waals surface area contributed by atoms with E-state index in [1.54, 1.807) is 12.1 Å². The maximum absolute atomic E-state index is 12.6. The van der Waals surface area contributed by atoms with E-state index in [0.717, 1.165) is 5.69 Å². The molecule has 2 heterocycles. The monoisotopic (exact) mass is 354 g/mol. The second-order valence-corrected chi connectivity index (χ2v) is 8.47. The summed E-state index contributed by atoms with van der Waals surface area (Å²) in [5.74, 6) is -0.0616. The zero-order valence-electron chi connectivity index (χ0n) is 13.3. The average molecular weight is 354 g/mol. The first-order valence-corrected chi connectivity index (χ1v) is 9.89. The van der Waals surface area contributed by atoms with Crippen molar-refractivity contribution < 1.29 is 23.1 Å². The normalized spacial score (nSPS) is 26.8. The van der Waals surface area contributed by atoms with Gasteiger partial charge in [-0.3, -0.25) is 4.79 Å². The van der Waals surface area contributed by atoms with E-state index in [1.165, 1.54) is 0 Å². The van der Waals surface area contributed by atoms with Crippen molar-refractivity contribution in [3.8, 4) is 0 Å². The van der Waals surface area contributed by atoms with Crippen molar-refractivity contribution in [1.29, 1.82) is 0 Å². The molecular formula is C16H22N2O5S. The Morgan fingerprint density at radius 3 is 2.67 bits per heavy atom. The predicted molar refractivity (Wildman–Crippen MR) is 90.0 cm³/mol. The van der Waals surface area contributed by atoms with E-state index in [0.29, 0.717) is 31.7 Å². The van der Waals surface area contributed by atoms with Gasteiger partial charge in [-0.1, -0.05) is 12.1 Å². The summed E-state index contributed by atoms with van der Waals surface area (Å²) in [6.45, 7) is 1.49. The van der Waals surface area contributed by atoms with Crippen LogP contribution in [0.1, 0.15) is 16.8 Å². The number of hydrogen-bond acceptors (Lipinski definition) is 6. The van der Waals surface area contributed by atoms with Crippen LogP contribution >= 0.6 is 0 Å². The van der Waals surface area contributed by atoms with Gasteiger partial charge in [0.25, 0.3) is 5.91 Å². The number of benzene rings is 1. The van der Waals surface area contributed by atoms with Gasteiger partial charge in [0.1, 0.15) is 0 Å². The second-order valence-electron chi connectivity index (χ2n) is 6.17. The number of nitrogens with zero attached hydrogens (tertiary/aromatic N) is 1. The van der Waals surface area contributed by atoms with Gasteiger partial charge in [0.15, 0.2) is 9.84 Å². The molecule has 2 fully saturated rings. The fraction of sp³-hybridized carbons (Fsp3) is 0.562. The number of ether oxygens (including phenoxy) is 1. The molecule has 2 aliphatic heterocycles. The zero-order chi connectivity index (χ0) is 17.2. The Balaban J connectivity index is 1.75. The molecule has 0 unspecified atom stereocenters. The molecule has 2 atom stereocenters. The van der Waals surface area contributed by atoms with Crippen molar-refractivity contribution in [2.24, 2.45) is 0 Å². The van der Waals surface area contributed by atoms with Crippen LogP contribution in [0.2, 0.25) is 0 Å². The molecule has 3 rings (SSSR count). The summed E-state index contributed by atoms with van der Waals surface area (Å²) in [5.41, 5.74) is 1.22. The Morgan fingerprint density at radius 2 is 1.96 bits per heavy atom. The zero-order valence-corrected chi connectivity index (χ0v) is 14.2. The van der Waals surface area contributed by atoms with Gasteiger partial charge in [-0.25, -0.2) is 8.42 Å². The van der Waals surface area contributed by atoms with Crippen LogP contribution in [0.3, 0.4) is 0 Å². The molecule has 1 aromatic carbocycles. The minimum atomic E-state index is -2.98. The van der Waals surface area contributed by atoms with Crippen LogP contribution in [-0.4, -0.2) is 69.4 Å². The topological polar surface area (TPSA) is 95.9 Å². The van der Waals surface area contributed by atoms with Gasteiger partial charge in [0, 0.05) is 25.4 Å². The Hall–Kier alpha value is -1.64. The summed E-state index contributed by atoms with van der Waals surface area (Å²) in [7, 11) is -2.98.